The fourth-order valence-electron chi connectivity index (χ4n) is 3.34. The Kier molecular flexibility index (Phi) is 3.60. The third-order valence-electron chi connectivity index (χ3n) is 4.53. The lowest BCUT2D eigenvalue weighted by Gasteiger charge is -2.42. The maximum absolute atomic E-state index is 4.51. The molecule has 1 unspecified atom stereocenters. The summed E-state index contributed by atoms with van der Waals surface area (Å²) in [6.45, 7) is 11.2. The second kappa shape index (κ2) is 5.23. The van der Waals surface area contributed by atoms with E-state index in [-0.39, 0.29) is 0 Å². The van der Waals surface area contributed by atoms with Crippen LogP contribution in [0.3, 0.4) is 0 Å². The summed E-state index contributed by atoms with van der Waals surface area (Å²) >= 11 is 0. The van der Waals surface area contributed by atoms with Crippen molar-refractivity contribution >= 4 is 0 Å². The molecule has 5 heteroatoms. The zero-order valence-corrected chi connectivity index (χ0v) is 12.3. The van der Waals surface area contributed by atoms with E-state index >= 15 is 0 Å². The van der Waals surface area contributed by atoms with Crippen LogP contribution in [0.5, 0.6) is 0 Å². The summed E-state index contributed by atoms with van der Waals surface area (Å²) in [5, 5.41) is 3.50. The number of imidazole rings is 1. The molecule has 2 aliphatic heterocycles. The summed E-state index contributed by atoms with van der Waals surface area (Å²) in [5.74, 6) is 0. The maximum atomic E-state index is 4.51. The van der Waals surface area contributed by atoms with Gasteiger partial charge in [-0.15, -0.1) is 0 Å². The van der Waals surface area contributed by atoms with Crippen LogP contribution in [0.25, 0.3) is 0 Å². The smallest absolute Gasteiger partial charge is 0.0950 e. The Bertz CT molecular complexity index is 431. The molecule has 0 aromatic carbocycles. The van der Waals surface area contributed by atoms with Crippen LogP contribution >= 0.6 is 0 Å². The molecular weight excluding hydrogens is 238 g/mol. The highest BCUT2D eigenvalue weighted by molar-refractivity contribution is 5.21. The number of aryl methyl sites for hydroxylation is 1. The van der Waals surface area contributed by atoms with E-state index in [0.29, 0.717) is 12.1 Å². The molecule has 0 aliphatic carbocycles. The van der Waals surface area contributed by atoms with Gasteiger partial charge in [-0.2, -0.15) is 0 Å². The van der Waals surface area contributed by atoms with Gasteiger partial charge in [-0.25, -0.2) is 4.98 Å². The average Bonchev–Trinajstić information content (AvgIpc) is 2.81. The van der Waals surface area contributed by atoms with Gasteiger partial charge in [0.2, 0.25) is 0 Å². The summed E-state index contributed by atoms with van der Waals surface area (Å²) in [4.78, 5) is 9.69. The van der Waals surface area contributed by atoms with E-state index in [2.05, 4.69) is 45.6 Å². The molecule has 1 fully saturated rings. The Hall–Kier alpha value is -0.910. The van der Waals surface area contributed by atoms with E-state index in [9.17, 15) is 0 Å². The predicted octanol–water partition coefficient (Wildman–Crippen LogP) is 0.590. The minimum absolute atomic E-state index is 0.491. The highest BCUT2D eigenvalue weighted by atomic mass is 15.3. The standard InChI is InChI=1S/C14H25N5/c1-11(2)18-4-6-19(7-5-18)13-9-15-8-12-14(13)17(3)10-16-12/h10-11,13,15H,4-9H2,1-3H3. The molecule has 1 saturated heterocycles. The first-order valence-electron chi connectivity index (χ1n) is 7.35. The molecule has 1 aromatic heterocycles. The molecule has 3 heterocycles. The van der Waals surface area contributed by atoms with Gasteiger partial charge in [0.15, 0.2) is 0 Å². The second-order valence-corrected chi connectivity index (χ2v) is 6.00. The Balaban J connectivity index is 1.73. The molecule has 106 valence electrons. The van der Waals surface area contributed by atoms with Crippen molar-refractivity contribution in [1.82, 2.24) is 24.7 Å². The van der Waals surface area contributed by atoms with E-state index in [0.717, 1.165) is 26.2 Å². The number of aromatic nitrogens is 2. The first kappa shape index (κ1) is 13.1. The number of rotatable bonds is 2. The zero-order valence-electron chi connectivity index (χ0n) is 12.3. The monoisotopic (exact) mass is 263 g/mol. The highest BCUT2D eigenvalue weighted by Crippen LogP contribution is 2.27. The SMILES string of the molecule is CC(C)N1CCN(C2CNCc3ncn(C)c32)CC1. The van der Waals surface area contributed by atoms with E-state index in [4.69, 9.17) is 0 Å². The van der Waals surface area contributed by atoms with Crippen molar-refractivity contribution in [3.8, 4) is 0 Å². The van der Waals surface area contributed by atoms with Gasteiger partial charge in [0.1, 0.15) is 0 Å². The lowest BCUT2D eigenvalue weighted by atomic mass is 10.0. The minimum atomic E-state index is 0.491. The summed E-state index contributed by atoms with van der Waals surface area (Å²) in [7, 11) is 2.12. The van der Waals surface area contributed by atoms with Gasteiger partial charge in [0.25, 0.3) is 0 Å². The van der Waals surface area contributed by atoms with Crippen molar-refractivity contribution in [3.63, 3.8) is 0 Å². The first-order valence-corrected chi connectivity index (χ1v) is 7.35. The molecule has 1 atom stereocenters. The molecule has 0 bridgehead atoms. The average molecular weight is 263 g/mol. The van der Waals surface area contributed by atoms with Crippen LogP contribution in [0.4, 0.5) is 0 Å². The molecule has 19 heavy (non-hydrogen) atoms. The Morgan fingerprint density at radius 1 is 1.26 bits per heavy atom. The third-order valence-corrected chi connectivity index (χ3v) is 4.53. The van der Waals surface area contributed by atoms with Gasteiger partial charge in [-0.1, -0.05) is 0 Å². The van der Waals surface area contributed by atoms with Crippen LogP contribution in [-0.2, 0) is 13.6 Å². The van der Waals surface area contributed by atoms with Crippen molar-refractivity contribution in [3.05, 3.63) is 17.7 Å². The van der Waals surface area contributed by atoms with Gasteiger partial charge in [0.05, 0.1) is 23.8 Å². The fraction of sp³-hybridized carbons (Fsp3) is 0.786. The lowest BCUT2D eigenvalue weighted by Crippen LogP contribution is -2.52. The van der Waals surface area contributed by atoms with Crippen LogP contribution in [0.15, 0.2) is 6.33 Å². The van der Waals surface area contributed by atoms with E-state index < -0.39 is 0 Å². The summed E-state index contributed by atoms with van der Waals surface area (Å²) in [5.41, 5.74) is 2.64. The van der Waals surface area contributed by atoms with E-state index in [1.807, 2.05) is 6.33 Å². The number of hydrogen-bond acceptors (Lipinski definition) is 4. The largest absolute Gasteiger partial charge is 0.336 e. The van der Waals surface area contributed by atoms with Gasteiger partial charge < -0.3 is 9.88 Å². The summed E-state index contributed by atoms with van der Waals surface area (Å²) in [6, 6.07) is 1.16. The molecule has 1 N–H and O–H groups in total. The van der Waals surface area contributed by atoms with Gasteiger partial charge in [0, 0.05) is 52.4 Å². The van der Waals surface area contributed by atoms with E-state index in [1.54, 1.807) is 0 Å². The van der Waals surface area contributed by atoms with Crippen molar-refractivity contribution in [1.29, 1.82) is 0 Å². The van der Waals surface area contributed by atoms with Crippen molar-refractivity contribution in [2.24, 2.45) is 7.05 Å². The summed E-state index contributed by atoms with van der Waals surface area (Å²) in [6.07, 6.45) is 1.95. The highest BCUT2D eigenvalue weighted by Gasteiger charge is 2.31. The normalized spacial score (nSPS) is 25.8. The van der Waals surface area contributed by atoms with Crippen LogP contribution in [0.1, 0.15) is 31.3 Å². The molecule has 0 amide bonds. The zero-order chi connectivity index (χ0) is 13.4. The Morgan fingerprint density at radius 3 is 2.68 bits per heavy atom. The summed E-state index contributed by atoms with van der Waals surface area (Å²) < 4.78 is 2.20. The van der Waals surface area contributed by atoms with Crippen LogP contribution in [-0.4, -0.2) is 58.1 Å². The predicted molar refractivity (Wildman–Crippen MR) is 75.9 cm³/mol. The van der Waals surface area contributed by atoms with Crippen LogP contribution < -0.4 is 5.32 Å². The minimum Gasteiger partial charge on any atom is -0.336 e. The molecule has 0 saturated carbocycles. The quantitative estimate of drug-likeness (QED) is 0.847. The molecule has 5 nitrogen and oxygen atoms in total. The molecule has 0 radical (unpaired) electrons. The van der Waals surface area contributed by atoms with Gasteiger partial charge in [-0.05, 0) is 13.8 Å². The van der Waals surface area contributed by atoms with E-state index in [1.165, 1.54) is 24.5 Å². The number of hydrogen-bond donors (Lipinski definition) is 1. The van der Waals surface area contributed by atoms with Crippen LogP contribution in [0, 0.1) is 0 Å². The number of fused-ring (bicyclic) bond motifs is 1. The molecule has 1 aromatic rings. The van der Waals surface area contributed by atoms with Crippen molar-refractivity contribution in [2.45, 2.75) is 32.5 Å². The first-order chi connectivity index (χ1) is 9.16. The van der Waals surface area contributed by atoms with Gasteiger partial charge >= 0.3 is 0 Å². The van der Waals surface area contributed by atoms with Gasteiger partial charge in [-0.3, -0.25) is 9.80 Å². The fourth-order valence-corrected chi connectivity index (χ4v) is 3.34. The lowest BCUT2D eigenvalue weighted by molar-refractivity contribution is 0.0722. The second-order valence-electron chi connectivity index (χ2n) is 6.00. The topological polar surface area (TPSA) is 36.3 Å². The Labute approximate surface area is 115 Å². The Morgan fingerprint density at radius 2 is 2.00 bits per heavy atom. The number of piperazine rings is 1. The molecule has 3 rings (SSSR count). The van der Waals surface area contributed by atoms with Crippen LogP contribution in [0.2, 0.25) is 0 Å². The van der Waals surface area contributed by atoms with Crippen molar-refractivity contribution in [2.75, 3.05) is 32.7 Å². The number of nitrogens with one attached hydrogen (secondary N) is 1. The maximum Gasteiger partial charge on any atom is 0.0950 e. The third kappa shape index (κ3) is 2.42. The molecule has 2 aliphatic rings. The molecular formula is C14H25N5. The van der Waals surface area contributed by atoms with Crippen molar-refractivity contribution < 1.29 is 0 Å². The number of nitrogens with zero attached hydrogens (tertiary/aromatic N) is 4. The molecule has 0 spiro atoms.